The molecule has 1 aliphatic rings. The van der Waals surface area contributed by atoms with Gasteiger partial charge in [-0.05, 0) is 24.3 Å². The third-order valence-electron chi connectivity index (χ3n) is 3.71. The molecule has 1 fully saturated rings. The summed E-state index contributed by atoms with van der Waals surface area (Å²) in [5.74, 6) is 6.62. The number of quaternary nitrogens is 1. The molecule has 0 spiro atoms. The van der Waals surface area contributed by atoms with Gasteiger partial charge >= 0.3 is 0 Å². The van der Waals surface area contributed by atoms with Crippen molar-refractivity contribution in [1.29, 1.82) is 0 Å². The molecule has 4 heteroatoms. The highest BCUT2D eigenvalue weighted by Crippen LogP contribution is 2.23. The van der Waals surface area contributed by atoms with Crippen molar-refractivity contribution in [1.82, 2.24) is 0 Å². The number of likely N-dealkylation sites (tertiary alicyclic amines) is 1. The van der Waals surface area contributed by atoms with Crippen LogP contribution in [0.15, 0.2) is 24.3 Å². The fourth-order valence-electron chi connectivity index (χ4n) is 2.19. The van der Waals surface area contributed by atoms with Crippen LogP contribution in [0.2, 0.25) is 5.02 Å². The van der Waals surface area contributed by atoms with E-state index in [1.165, 1.54) is 0 Å². The Morgan fingerprint density at radius 1 is 1.25 bits per heavy atom. The van der Waals surface area contributed by atoms with E-state index in [0.717, 1.165) is 23.3 Å². The normalized spacial score (nSPS) is 19.8. The number of aliphatic hydroxyl groups is 1. The molecule has 0 atom stereocenters. The minimum atomic E-state index is -0.850. The van der Waals surface area contributed by atoms with Crippen molar-refractivity contribution < 1.29 is 14.3 Å². The lowest BCUT2D eigenvalue weighted by Crippen LogP contribution is -2.52. The number of hydrogen-bond donors (Lipinski definition) is 1. The van der Waals surface area contributed by atoms with Crippen molar-refractivity contribution in [2.45, 2.75) is 18.4 Å². The highest BCUT2D eigenvalue weighted by Gasteiger charge is 2.35. The summed E-state index contributed by atoms with van der Waals surface area (Å²) in [6.07, 6.45) is 1.43. The van der Waals surface area contributed by atoms with E-state index < -0.39 is 5.60 Å². The van der Waals surface area contributed by atoms with Gasteiger partial charge in [-0.3, -0.25) is 0 Å². The highest BCUT2D eigenvalue weighted by molar-refractivity contribution is 6.30. The molecule has 0 aliphatic carbocycles. The SMILES string of the molecule is C[N+]1(C)CCC(O)(C#CCOc2ccc(Cl)cc2)CC1. The minimum absolute atomic E-state index is 0.280. The third kappa shape index (κ3) is 4.42. The Hall–Kier alpha value is -1.21. The first-order valence-electron chi connectivity index (χ1n) is 6.81. The summed E-state index contributed by atoms with van der Waals surface area (Å²) < 4.78 is 6.44. The molecule has 1 aromatic rings. The lowest BCUT2D eigenvalue weighted by Gasteiger charge is -2.39. The zero-order valence-electron chi connectivity index (χ0n) is 12.0. The van der Waals surface area contributed by atoms with E-state index in [1.54, 1.807) is 24.3 Å². The number of hydrogen-bond acceptors (Lipinski definition) is 2. The van der Waals surface area contributed by atoms with Crippen LogP contribution in [-0.2, 0) is 0 Å². The Morgan fingerprint density at radius 3 is 2.45 bits per heavy atom. The topological polar surface area (TPSA) is 29.5 Å². The van der Waals surface area contributed by atoms with Crippen LogP contribution in [0.1, 0.15) is 12.8 Å². The molecule has 0 unspecified atom stereocenters. The fourth-order valence-corrected chi connectivity index (χ4v) is 2.31. The third-order valence-corrected chi connectivity index (χ3v) is 3.96. The van der Waals surface area contributed by atoms with E-state index in [1.807, 2.05) is 0 Å². The molecule has 1 aliphatic heterocycles. The van der Waals surface area contributed by atoms with Crippen LogP contribution in [0.4, 0.5) is 0 Å². The number of halogens is 1. The summed E-state index contributed by atoms with van der Waals surface area (Å²) in [5.41, 5.74) is -0.850. The van der Waals surface area contributed by atoms with E-state index in [-0.39, 0.29) is 6.61 Å². The summed E-state index contributed by atoms with van der Waals surface area (Å²) in [5, 5.41) is 11.1. The van der Waals surface area contributed by atoms with Crippen LogP contribution in [-0.4, -0.2) is 49.0 Å². The Labute approximate surface area is 125 Å². The minimum Gasteiger partial charge on any atom is -0.481 e. The van der Waals surface area contributed by atoms with Gasteiger partial charge in [-0.15, -0.1) is 0 Å². The lowest BCUT2D eigenvalue weighted by molar-refractivity contribution is -0.897. The predicted molar refractivity (Wildman–Crippen MR) is 80.7 cm³/mol. The fraction of sp³-hybridized carbons (Fsp3) is 0.500. The predicted octanol–water partition coefficient (Wildman–Crippen LogP) is 2.32. The van der Waals surface area contributed by atoms with Crippen molar-refractivity contribution in [3.63, 3.8) is 0 Å². The maximum Gasteiger partial charge on any atom is 0.149 e. The van der Waals surface area contributed by atoms with E-state index >= 15 is 0 Å². The van der Waals surface area contributed by atoms with Crippen molar-refractivity contribution in [2.75, 3.05) is 33.8 Å². The summed E-state index contributed by atoms with van der Waals surface area (Å²) in [6.45, 7) is 2.18. The van der Waals surface area contributed by atoms with Crippen LogP contribution in [0.25, 0.3) is 0 Å². The number of benzene rings is 1. The second kappa shape index (κ2) is 6.05. The van der Waals surface area contributed by atoms with Crippen molar-refractivity contribution in [3.05, 3.63) is 29.3 Å². The number of ether oxygens (including phenoxy) is 1. The molecule has 108 valence electrons. The van der Waals surface area contributed by atoms with E-state index in [9.17, 15) is 5.11 Å². The van der Waals surface area contributed by atoms with Gasteiger partial charge in [-0.1, -0.05) is 23.4 Å². The maximum atomic E-state index is 10.4. The van der Waals surface area contributed by atoms with Crippen LogP contribution >= 0.6 is 11.6 Å². The van der Waals surface area contributed by atoms with Crippen molar-refractivity contribution in [2.24, 2.45) is 0 Å². The quantitative estimate of drug-likeness (QED) is 0.670. The van der Waals surface area contributed by atoms with E-state index in [4.69, 9.17) is 16.3 Å². The molecule has 0 bridgehead atoms. The van der Waals surface area contributed by atoms with Crippen LogP contribution in [0.5, 0.6) is 5.75 Å². The molecule has 0 radical (unpaired) electrons. The van der Waals surface area contributed by atoms with E-state index in [2.05, 4.69) is 25.9 Å². The zero-order valence-corrected chi connectivity index (χ0v) is 12.8. The van der Waals surface area contributed by atoms with Crippen LogP contribution in [0, 0.1) is 11.8 Å². The zero-order chi connectivity index (χ0) is 14.6. The largest absolute Gasteiger partial charge is 0.481 e. The standard InChI is InChI=1S/C16H21ClNO2/c1-18(2)11-9-16(19,10-12-18)8-3-13-20-15-6-4-14(17)5-7-15/h4-7,19H,9-13H2,1-2H3/q+1. The molecule has 0 amide bonds. The average molecular weight is 295 g/mol. The molecule has 20 heavy (non-hydrogen) atoms. The van der Waals surface area contributed by atoms with Gasteiger partial charge in [0, 0.05) is 17.9 Å². The molecule has 3 nitrogen and oxygen atoms in total. The van der Waals surface area contributed by atoms with Gasteiger partial charge < -0.3 is 14.3 Å². The number of rotatable bonds is 2. The number of piperidine rings is 1. The Balaban J connectivity index is 1.84. The summed E-state index contributed by atoms with van der Waals surface area (Å²) in [4.78, 5) is 0. The molecule has 1 N–H and O–H groups in total. The molecule has 0 aromatic heterocycles. The molecular formula is C16H21ClNO2+. The van der Waals surface area contributed by atoms with Crippen molar-refractivity contribution in [3.8, 4) is 17.6 Å². The summed E-state index contributed by atoms with van der Waals surface area (Å²) in [7, 11) is 4.35. The summed E-state index contributed by atoms with van der Waals surface area (Å²) >= 11 is 5.80. The lowest BCUT2D eigenvalue weighted by atomic mass is 9.91. The van der Waals surface area contributed by atoms with E-state index in [0.29, 0.717) is 17.9 Å². The smallest absolute Gasteiger partial charge is 0.149 e. The van der Waals surface area contributed by atoms with Gasteiger partial charge in [-0.25, -0.2) is 0 Å². The Kier molecular flexibility index (Phi) is 4.59. The second-order valence-corrected chi connectivity index (χ2v) is 6.40. The maximum absolute atomic E-state index is 10.4. The Morgan fingerprint density at radius 2 is 1.85 bits per heavy atom. The molecule has 0 saturated carbocycles. The van der Waals surface area contributed by atoms with Crippen molar-refractivity contribution >= 4 is 11.6 Å². The second-order valence-electron chi connectivity index (χ2n) is 5.96. The van der Waals surface area contributed by atoms with Gasteiger partial charge in [0.05, 0.1) is 27.2 Å². The van der Waals surface area contributed by atoms with Gasteiger partial charge in [0.25, 0.3) is 0 Å². The average Bonchev–Trinajstić information content (AvgIpc) is 2.41. The first-order chi connectivity index (χ1) is 9.39. The first-order valence-corrected chi connectivity index (χ1v) is 7.19. The van der Waals surface area contributed by atoms with Crippen LogP contribution in [0.3, 0.4) is 0 Å². The monoisotopic (exact) mass is 294 g/mol. The Bertz CT molecular complexity index is 504. The van der Waals surface area contributed by atoms with Gasteiger partial charge in [0.15, 0.2) is 0 Å². The molecule has 1 saturated heterocycles. The molecular weight excluding hydrogens is 274 g/mol. The summed E-state index contributed by atoms with van der Waals surface area (Å²) in [6, 6.07) is 7.16. The molecule has 2 rings (SSSR count). The van der Waals surface area contributed by atoms with Gasteiger partial charge in [0.2, 0.25) is 0 Å². The molecule has 1 aromatic carbocycles. The highest BCUT2D eigenvalue weighted by atomic mass is 35.5. The number of nitrogens with zero attached hydrogens (tertiary/aromatic N) is 1. The van der Waals surface area contributed by atoms with Crippen LogP contribution < -0.4 is 4.74 Å². The first kappa shape index (κ1) is 15.2. The van der Waals surface area contributed by atoms with Gasteiger partial charge in [-0.2, -0.15) is 0 Å². The molecule has 1 heterocycles. The van der Waals surface area contributed by atoms with Gasteiger partial charge in [0.1, 0.15) is 18.0 Å².